The quantitative estimate of drug-likeness (QED) is 0.869. The van der Waals surface area contributed by atoms with Crippen molar-refractivity contribution in [2.45, 2.75) is 39.8 Å². The number of ether oxygens (including phenoxy) is 1. The van der Waals surface area contributed by atoms with E-state index in [0.29, 0.717) is 10.8 Å². The maximum Gasteiger partial charge on any atom is 0.261 e. The predicted molar refractivity (Wildman–Crippen MR) is 94.0 cm³/mol. The fraction of sp³-hybridized carbons (Fsp3) is 0.316. The molecule has 2 aromatic carbocycles. The Bertz CT molecular complexity index is 682. The minimum Gasteiger partial charge on any atom is -0.481 e. The van der Waals surface area contributed by atoms with Crippen LogP contribution in [-0.4, -0.2) is 12.0 Å². The first-order valence-corrected chi connectivity index (χ1v) is 8.04. The summed E-state index contributed by atoms with van der Waals surface area (Å²) >= 11 is 5.99. The summed E-state index contributed by atoms with van der Waals surface area (Å²) in [7, 11) is 0. The highest BCUT2D eigenvalue weighted by molar-refractivity contribution is 6.31. The number of hydrogen-bond acceptors (Lipinski definition) is 2. The molecule has 0 aliphatic carbocycles. The van der Waals surface area contributed by atoms with Gasteiger partial charge in [-0.1, -0.05) is 41.4 Å². The molecule has 1 N–H and O–H groups in total. The molecule has 23 heavy (non-hydrogen) atoms. The molecule has 0 bridgehead atoms. The molecule has 0 spiro atoms. The number of nitrogens with one attached hydrogen (secondary N) is 1. The summed E-state index contributed by atoms with van der Waals surface area (Å²) in [6.45, 7) is 7.64. The second-order valence-corrected chi connectivity index (χ2v) is 6.22. The van der Waals surface area contributed by atoms with Gasteiger partial charge in [-0.05, 0) is 57.0 Å². The zero-order valence-electron chi connectivity index (χ0n) is 13.9. The van der Waals surface area contributed by atoms with Crippen molar-refractivity contribution in [3.05, 3.63) is 64.2 Å². The average molecular weight is 332 g/mol. The van der Waals surface area contributed by atoms with Crippen molar-refractivity contribution in [3.63, 3.8) is 0 Å². The minimum absolute atomic E-state index is 0.0684. The van der Waals surface area contributed by atoms with Gasteiger partial charge in [0.25, 0.3) is 5.91 Å². The SMILES string of the molecule is Cc1ccc([C@H](C)NC(=O)[C@@H](C)Oc2ccc(Cl)c(C)c2)cc1. The first-order valence-electron chi connectivity index (χ1n) is 7.66. The number of aryl methyl sites for hydroxylation is 2. The van der Waals surface area contributed by atoms with E-state index in [1.165, 1.54) is 5.56 Å². The van der Waals surface area contributed by atoms with Gasteiger partial charge in [0.15, 0.2) is 6.10 Å². The molecule has 2 atom stereocenters. The zero-order chi connectivity index (χ0) is 17.0. The molecule has 0 unspecified atom stereocenters. The largest absolute Gasteiger partial charge is 0.481 e. The molecule has 2 aromatic rings. The molecule has 3 nitrogen and oxygen atoms in total. The number of carbonyl (C=O) groups is 1. The molecule has 0 fully saturated rings. The van der Waals surface area contributed by atoms with Crippen LogP contribution in [0.4, 0.5) is 0 Å². The molecule has 0 saturated carbocycles. The van der Waals surface area contributed by atoms with E-state index in [1.54, 1.807) is 19.1 Å². The van der Waals surface area contributed by atoms with Crippen LogP contribution in [0.2, 0.25) is 5.02 Å². The Morgan fingerprint density at radius 2 is 1.74 bits per heavy atom. The molecule has 0 aromatic heterocycles. The van der Waals surface area contributed by atoms with E-state index in [9.17, 15) is 4.79 Å². The molecule has 122 valence electrons. The minimum atomic E-state index is -0.580. The smallest absolute Gasteiger partial charge is 0.261 e. The van der Waals surface area contributed by atoms with Gasteiger partial charge < -0.3 is 10.1 Å². The fourth-order valence-electron chi connectivity index (χ4n) is 2.22. The van der Waals surface area contributed by atoms with Crippen molar-refractivity contribution in [3.8, 4) is 5.75 Å². The van der Waals surface area contributed by atoms with Gasteiger partial charge in [-0.3, -0.25) is 4.79 Å². The second-order valence-electron chi connectivity index (χ2n) is 5.81. The van der Waals surface area contributed by atoms with Crippen LogP contribution in [0.15, 0.2) is 42.5 Å². The van der Waals surface area contributed by atoms with Gasteiger partial charge in [-0.2, -0.15) is 0 Å². The highest BCUT2D eigenvalue weighted by atomic mass is 35.5. The van der Waals surface area contributed by atoms with Crippen molar-refractivity contribution in [2.75, 3.05) is 0 Å². The van der Waals surface area contributed by atoms with Crippen LogP contribution in [0.25, 0.3) is 0 Å². The van der Waals surface area contributed by atoms with Crippen LogP contribution < -0.4 is 10.1 Å². The third-order valence-corrected chi connectivity index (χ3v) is 4.17. The lowest BCUT2D eigenvalue weighted by Crippen LogP contribution is -2.37. The van der Waals surface area contributed by atoms with E-state index in [-0.39, 0.29) is 11.9 Å². The number of halogens is 1. The highest BCUT2D eigenvalue weighted by Gasteiger charge is 2.18. The van der Waals surface area contributed by atoms with Gasteiger partial charge >= 0.3 is 0 Å². The monoisotopic (exact) mass is 331 g/mol. The van der Waals surface area contributed by atoms with Crippen LogP contribution in [0.1, 0.15) is 36.6 Å². The maximum atomic E-state index is 12.3. The molecule has 0 saturated heterocycles. The van der Waals surface area contributed by atoms with Crippen molar-refractivity contribution in [2.24, 2.45) is 0 Å². The third kappa shape index (κ3) is 4.73. The molecule has 4 heteroatoms. The van der Waals surface area contributed by atoms with Crippen LogP contribution in [0.3, 0.4) is 0 Å². The van der Waals surface area contributed by atoms with Crippen molar-refractivity contribution in [1.29, 1.82) is 0 Å². The molecule has 0 radical (unpaired) electrons. The van der Waals surface area contributed by atoms with E-state index < -0.39 is 6.10 Å². The summed E-state index contributed by atoms with van der Waals surface area (Å²) in [5.41, 5.74) is 3.19. The van der Waals surface area contributed by atoms with Crippen LogP contribution >= 0.6 is 11.6 Å². The summed E-state index contributed by atoms with van der Waals surface area (Å²) in [6, 6.07) is 13.4. The van der Waals surface area contributed by atoms with E-state index in [2.05, 4.69) is 5.32 Å². The van der Waals surface area contributed by atoms with Gasteiger partial charge in [0.1, 0.15) is 5.75 Å². The summed E-state index contributed by atoms with van der Waals surface area (Å²) in [5.74, 6) is 0.489. The molecule has 0 aliphatic heterocycles. The molecular formula is C19H22ClNO2. The Labute approximate surface area is 142 Å². The number of hydrogen-bond donors (Lipinski definition) is 1. The second kappa shape index (κ2) is 7.51. The lowest BCUT2D eigenvalue weighted by atomic mass is 10.1. The number of benzene rings is 2. The maximum absolute atomic E-state index is 12.3. The third-order valence-electron chi connectivity index (χ3n) is 3.75. The van der Waals surface area contributed by atoms with Gasteiger partial charge in [0, 0.05) is 5.02 Å². The van der Waals surface area contributed by atoms with Crippen molar-refractivity contribution in [1.82, 2.24) is 5.32 Å². The van der Waals surface area contributed by atoms with Gasteiger partial charge in [-0.25, -0.2) is 0 Å². The first kappa shape index (κ1) is 17.4. The van der Waals surface area contributed by atoms with Crippen molar-refractivity contribution < 1.29 is 9.53 Å². The van der Waals surface area contributed by atoms with Gasteiger partial charge in [-0.15, -0.1) is 0 Å². The topological polar surface area (TPSA) is 38.3 Å². The number of carbonyl (C=O) groups excluding carboxylic acids is 1. The summed E-state index contributed by atoms with van der Waals surface area (Å²) in [4.78, 5) is 12.3. The summed E-state index contributed by atoms with van der Waals surface area (Å²) < 4.78 is 5.70. The zero-order valence-corrected chi connectivity index (χ0v) is 14.6. The summed E-state index contributed by atoms with van der Waals surface area (Å²) in [5, 5.41) is 3.65. The molecule has 0 heterocycles. The van der Waals surface area contributed by atoms with Crippen LogP contribution in [0, 0.1) is 13.8 Å². The first-order chi connectivity index (χ1) is 10.9. The Kier molecular flexibility index (Phi) is 5.67. The average Bonchev–Trinajstić information content (AvgIpc) is 2.51. The van der Waals surface area contributed by atoms with Crippen LogP contribution in [-0.2, 0) is 4.79 Å². The Morgan fingerprint density at radius 1 is 1.09 bits per heavy atom. The normalized spacial score (nSPS) is 13.3. The van der Waals surface area contributed by atoms with Gasteiger partial charge in [0.2, 0.25) is 0 Å². The van der Waals surface area contributed by atoms with Crippen molar-refractivity contribution >= 4 is 17.5 Å². The predicted octanol–water partition coefficient (Wildman–Crippen LogP) is 4.60. The Morgan fingerprint density at radius 3 is 2.35 bits per heavy atom. The van der Waals surface area contributed by atoms with E-state index >= 15 is 0 Å². The molecular weight excluding hydrogens is 310 g/mol. The van der Waals surface area contributed by atoms with Gasteiger partial charge in [0.05, 0.1) is 6.04 Å². The molecule has 0 aliphatic rings. The number of rotatable bonds is 5. The molecule has 1 amide bonds. The standard InChI is InChI=1S/C19H22ClNO2/c1-12-5-7-16(8-6-12)14(3)21-19(22)15(4)23-17-9-10-18(20)13(2)11-17/h5-11,14-15H,1-4H3,(H,21,22)/t14-,15+/m0/s1. The summed E-state index contributed by atoms with van der Waals surface area (Å²) in [6.07, 6.45) is -0.580. The fourth-order valence-corrected chi connectivity index (χ4v) is 2.33. The highest BCUT2D eigenvalue weighted by Crippen LogP contribution is 2.22. The van der Waals surface area contributed by atoms with E-state index in [0.717, 1.165) is 11.1 Å². The lowest BCUT2D eigenvalue weighted by molar-refractivity contribution is -0.127. The number of amides is 1. The van der Waals surface area contributed by atoms with Crippen LogP contribution in [0.5, 0.6) is 5.75 Å². The Balaban J connectivity index is 1.96. The molecule has 2 rings (SSSR count). The van der Waals surface area contributed by atoms with E-state index in [4.69, 9.17) is 16.3 Å². The van der Waals surface area contributed by atoms with E-state index in [1.807, 2.05) is 51.1 Å². The Hall–Kier alpha value is -2.00. The lowest BCUT2D eigenvalue weighted by Gasteiger charge is -2.19.